The summed E-state index contributed by atoms with van der Waals surface area (Å²) < 4.78 is 0. The van der Waals surface area contributed by atoms with Crippen molar-refractivity contribution in [2.24, 2.45) is 5.92 Å². The van der Waals surface area contributed by atoms with E-state index >= 15 is 0 Å². The first-order valence-electron chi connectivity index (χ1n) is 10.5. The fourth-order valence-electron chi connectivity index (χ4n) is 5.23. The highest BCUT2D eigenvalue weighted by Gasteiger charge is 2.38. The number of hydrogen-bond acceptors (Lipinski definition) is 1. The lowest BCUT2D eigenvalue weighted by molar-refractivity contribution is 0.427. The van der Waals surface area contributed by atoms with Crippen molar-refractivity contribution in [3.8, 4) is 11.1 Å². The monoisotopic (exact) mass is 373 g/mol. The van der Waals surface area contributed by atoms with E-state index in [0.29, 0.717) is 17.9 Å². The Balaban J connectivity index is 1.46. The van der Waals surface area contributed by atoms with Crippen molar-refractivity contribution < 1.29 is 0 Å². The van der Waals surface area contributed by atoms with Crippen LogP contribution >= 0.6 is 0 Å². The molecule has 6 rings (SSSR count). The average molecular weight is 373 g/mol. The molecule has 1 nitrogen and oxygen atoms in total. The van der Waals surface area contributed by atoms with Gasteiger partial charge in [0.15, 0.2) is 0 Å². The molecule has 140 valence electrons. The molecule has 29 heavy (non-hydrogen) atoms. The van der Waals surface area contributed by atoms with Crippen LogP contribution in [0.2, 0.25) is 0 Å². The molecular formula is C28H23N. The lowest BCUT2D eigenvalue weighted by atomic mass is 9.75. The standard InChI is InChI=1S/C28H23N/c1-2-8-19(9-3-1)21-16-17-27-26(18-21)23-13-7-15-25(23)28(29-27)24-14-6-11-20-10-4-5-12-22(20)24/h1-14,16-18,23,25,28-29H,15H2/t23-,25-,28+/m0/s1. The van der Waals surface area contributed by atoms with Crippen molar-refractivity contribution in [1.82, 2.24) is 0 Å². The highest BCUT2D eigenvalue weighted by molar-refractivity contribution is 5.87. The summed E-state index contributed by atoms with van der Waals surface area (Å²) in [6.45, 7) is 0. The van der Waals surface area contributed by atoms with Gasteiger partial charge in [0.25, 0.3) is 0 Å². The lowest BCUT2D eigenvalue weighted by Crippen LogP contribution is -2.29. The summed E-state index contributed by atoms with van der Waals surface area (Å²) in [6.07, 6.45) is 5.93. The number of rotatable bonds is 2. The molecule has 1 aliphatic heterocycles. The van der Waals surface area contributed by atoms with E-state index in [1.54, 1.807) is 0 Å². The van der Waals surface area contributed by atoms with E-state index in [1.807, 2.05) is 0 Å². The molecule has 1 aliphatic carbocycles. The zero-order chi connectivity index (χ0) is 19.2. The molecule has 0 fully saturated rings. The van der Waals surface area contributed by atoms with Crippen LogP contribution in [0.15, 0.2) is 103 Å². The van der Waals surface area contributed by atoms with Gasteiger partial charge < -0.3 is 5.32 Å². The Bertz CT molecular complexity index is 1220. The summed E-state index contributed by atoms with van der Waals surface area (Å²) in [5, 5.41) is 6.60. The van der Waals surface area contributed by atoms with E-state index in [-0.39, 0.29) is 0 Å². The van der Waals surface area contributed by atoms with Crippen LogP contribution in [0.3, 0.4) is 0 Å². The molecule has 2 aliphatic rings. The second kappa shape index (κ2) is 6.63. The van der Waals surface area contributed by atoms with Gasteiger partial charge in [-0.05, 0) is 57.5 Å². The molecule has 4 aromatic rings. The Hall–Kier alpha value is -3.32. The molecule has 1 heterocycles. The minimum Gasteiger partial charge on any atom is -0.378 e. The van der Waals surface area contributed by atoms with E-state index in [9.17, 15) is 0 Å². The van der Waals surface area contributed by atoms with Crippen LogP contribution in [-0.4, -0.2) is 0 Å². The van der Waals surface area contributed by atoms with Gasteiger partial charge in [-0.25, -0.2) is 0 Å². The predicted octanol–water partition coefficient (Wildman–Crippen LogP) is 7.33. The number of fused-ring (bicyclic) bond motifs is 4. The second-order valence-electron chi connectivity index (χ2n) is 8.21. The minimum atomic E-state index is 0.330. The topological polar surface area (TPSA) is 12.0 Å². The van der Waals surface area contributed by atoms with Crippen LogP contribution < -0.4 is 5.32 Å². The Labute approximate surface area is 171 Å². The largest absolute Gasteiger partial charge is 0.378 e. The van der Waals surface area contributed by atoms with E-state index in [1.165, 1.54) is 38.7 Å². The molecule has 0 amide bonds. The summed E-state index contributed by atoms with van der Waals surface area (Å²) in [7, 11) is 0. The molecule has 3 atom stereocenters. The lowest BCUT2D eigenvalue weighted by Gasteiger charge is -2.38. The molecule has 1 heteroatoms. The minimum absolute atomic E-state index is 0.330. The Morgan fingerprint density at radius 2 is 1.52 bits per heavy atom. The smallest absolute Gasteiger partial charge is 0.0560 e. The van der Waals surface area contributed by atoms with Gasteiger partial charge in [0.2, 0.25) is 0 Å². The van der Waals surface area contributed by atoms with Crippen LogP contribution in [0.4, 0.5) is 5.69 Å². The third-order valence-corrected chi connectivity index (χ3v) is 6.63. The van der Waals surface area contributed by atoms with E-state index < -0.39 is 0 Å². The summed E-state index contributed by atoms with van der Waals surface area (Å²) >= 11 is 0. The van der Waals surface area contributed by atoms with Crippen LogP contribution in [0, 0.1) is 5.92 Å². The number of anilines is 1. The molecule has 0 radical (unpaired) electrons. The van der Waals surface area contributed by atoms with Gasteiger partial charge in [-0.2, -0.15) is 0 Å². The molecule has 0 spiro atoms. The van der Waals surface area contributed by atoms with Crippen molar-refractivity contribution in [3.63, 3.8) is 0 Å². The van der Waals surface area contributed by atoms with E-state index in [2.05, 4.69) is 108 Å². The molecule has 1 N–H and O–H groups in total. The zero-order valence-electron chi connectivity index (χ0n) is 16.3. The maximum atomic E-state index is 3.92. The maximum Gasteiger partial charge on any atom is 0.0560 e. The Morgan fingerprint density at radius 3 is 2.45 bits per heavy atom. The van der Waals surface area contributed by atoms with E-state index in [0.717, 1.165) is 6.42 Å². The molecule has 0 bridgehead atoms. The van der Waals surface area contributed by atoms with Crippen molar-refractivity contribution in [1.29, 1.82) is 0 Å². The summed E-state index contributed by atoms with van der Waals surface area (Å²) in [5.41, 5.74) is 6.70. The fraction of sp³-hybridized carbons (Fsp3) is 0.143. The zero-order valence-corrected chi connectivity index (χ0v) is 16.3. The molecule has 0 aromatic heterocycles. The third-order valence-electron chi connectivity index (χ3n) is 6.63. The molecular weight excluding hydrogens is 350 g/mol. The van der Waals surface area contributed by atoms with Crippen LogP contribution in [0.5, 0.6) is 0 Å². The SMILES string of the molecule is C1=C[C@@H]2c3cc(-c4ccccc4)ccc3N[C@H](c3cccc4ccccc34)[C@H]2C1. The van der Waals surface area contributed by atoms with Crippen molar-refractivity contribution >= 4 is 16.5 Å². The highest BCUT2D eigenvalue weighted by atomic mass is 15.0. The van der Waals surface area contributed by atoms with Gasteiger partial charge in [-0.1, -0.05) is 91.0 Å². The Morgan fingerprint density at radius 1 is 0.690 bits per heavy atom. The third kappa shape index (κ3) is 2.69. The van der Waals surface area contributed by atoms with Gasteiger partial charge in [-0.15, -0.1) is 0 Å². The van der Waals surface area contributed by atoms with Gasteiger partial charge in [-0.3, -0.25) is 0 Å². The maximum absolute atomic E-state index is 3.92. The van der Waals surface area contributed by atoms with Crippen LogP contribution in [0.25, 0.3) is 21.9 Å². The first kappa shape index (κ1) is 16.6. The van der Waals surface area contributed by atoms with Gasteiger partial charge in [0.1, 0.15) is 0 Å². The van der Waals surface area contributed by atoms with E-state index in [4.69, 9.17) is 0 Å². The molecule has 0 unspecified atom stereocenters. The van der Waals surface area contributed by atoms with Crippen LogP contribution in [0.1, 0.15) is 29.5 Å². The Kier molecular flexibility index (Phi) is 3.80. The average Bonchev–Trinajstić information content (AvgIpc) is 3.29. The summed E-state index contributed by atoms with van der Waals surface area (Å²) in [5.74, 6) is 1.03. The molecule has 4 aromatic carbocycles. The normalized spacial score (nSPS) is 22.1. The number of allylic oxidation sites excluding steroid dienone is 2. The summed E-state index contributed by atoms with van der Waals surface area (Å²) in [6, 6.07) is 33.4. The fourth-order valence-corrected chi connectivity index (χ4v) is 5.23. The number of nitrogens with one attached hydrogen (secondary N) is 1. The van der Waals surface area contributed by atoms with Gasteiger partial charge in [0.05, 0.1) is 6.04 Å². The quantitative estimate of drug-likeness (QED) is 0.363. The first-order chi connectivity index (χ1) is 14.4. The molecule has 0 saturated heterocycles. The first-order valence-corrected chi connectivity index (χ1v) is 10.5. The van der Waals surface area contributed by atoms with Crippen molar-refractivity contribution in [2.45, 2.75) is 18.4 Å². The predicted molar refractivity (Wildman–Crippen MR) is 122 cm³/mol. The number of hydrogen-bond donors (Lipinski definition) is 1. The van der Waals surface area contributed by atoms with Gasteiger partial charge >= 0.3 is 0 Å². The van der Waals surface area contributed by atoms with Crippen molar-refractivity contribution in [3.05, 3.63) is 114 Å². The molecule has 0 saturated carbocycles. The van der Waals surface area contributed by atoms with Gasteiger partial charge in [0, 0.05) is 11.6 Å². The summed E-state index contributed by atoms with van der Waals surface area (Å²) in [4.78, 5) is 0. The number of benzene rings is 4. The van der Waals surface area contributed by atoms with Crippen LogP contribution in [-0.2, 0) is 0 Å². The van der Waals surface area contributed by atoms with Crippen molar-refractivity contribution in [2.75, 3.05) is 5.32 Å². The second-order valence-corrected chi connectivity index (χ2v) is 8.21. The highest BCUT2D eigenvalue weighted by Crippen LogP contribution is 2.51.